The van der Waals surface area contributed by atoms with Crippen LogP contribution in [-0.2, 0) is 0 Å². The average molecular weight is 316 g/mol. The van der Waals surface area contributed by atoms with Gasteiger partial charge in [0.1, 0.15) is 11.6 Å². The summed E-state index contributed by atoms with van der Waals surface area (Å²) >= 11 is 1.93. The van der Waals surface area contributed by atoms with Gasteiger partial charge in [0, 0.05) is 9.13 Å². The van der Waals surface area contributed by atoms with E-state index in [4.69, 9.17) is 0 Å². The largest absolute Gasteiger partial charge is 0.207 e. The predicted octanol–water partition coefficient (Wildman–Crippen LogP) is 4.24. The third-order valence-corrected chi connectivity index (χ3v) is 2.94. The summed E-state index contributed by atoms with van der Waals surface area (Å²) in [6.07, 6.45) is 0. The van der Waals surface area contributed by atoms with E-state index in [1.807, 2.05) is 22.6 Å². The smallest absolute Gasteiger partial charge is 0.144 e. The molecule has 76 valence electrons. The van der Waals surface area contributed by atoms with Crippen molar-refractivity contribution >= 4 is 22.6 Å². The van der Waals surface area contributed by atoms with Crippen LogP contribution in [-0.4, -0.2) is 0 Å². The lowest BCUT2D eigenvalue weighted by atomic mass is 10.1. The maximum Gasteiger partial charge on any atom is 0.144 e. The highest BCUT2D eigenvalue weighted by atomic mass is 127. The van der Waals surface area contributed by atoms with E-state index in [0.717, 1.165) is 0 Å². The van der Waals surface area contributed by atoms with Gasteiger partial charge >= 0.3 is 0 Å². The minimum Gasteiger partial charge on any atom is -0.207 e. The van der Waals surface area contributed by atoms with Crippen LogP contribution in [0.2, 0.25) is 0 Å². The number of halogens is 3. The Hall–Kier alpha value is -0.970. The summed E-state index contributed by atoms with van der Waals surface area (Å²) < 4.78 is 26.9. The lowest BCUT2D eigenvalue weighted by molar-refractivity contribution is 0.622. The molecule has 0 fully saturated rings. The van der Waals surface area contributed by atoms with Gasteiger partial charge in [0.15, 0.2) is 0 Å². The first-order chi connectivity index (χ1) is 7.18. The van der Waals surface area contributed by atoms with E-state index in [-0.39, 0.29) is 11.6 Å². The highest BCUT2D eigenvalue weighted by Gasteiger charge is 2.07. The van der Waals surface area contributed by atoms with E-state index in [1.165, 1.54) is 12.1 Å². The van der Waals surface area contributed by atoms with E-state index in [0.29, 0.717) is 14.7 Å². The van der Waals surface area contributed by atoms with Crippen molar-refractivity contribution in [2.45, 2.75) is 0 Å². The fourth-order valence-corrected chi connectivity index (χ4v) is 1.85. The molecule has 2 rings (SSSR count). The molecule has 0 saturated carbocycles. The molecule has 0 unspecified atom stereocenters. The van der Waals surface area contributed by atoms with Crippen molar-refractivity contribution in [3.05, 3.63) is 57.7 Å². The molecule has 15 heavy (non-hydrogen) atoms. The molecule has 0 bridgehead atoms. The first kappa shape index (κ1) is 10.5. The van der Waals surface area contributed by atoms with Gasteiger partial charge in [-0.15, -0.1) is 0 Å². The summed E-state index contributed by atoms with van der Waals surface area (Å²) in [7, 11) is 0. The second-order valence-corrected chi connectivity index (χ2v) is 4.27. The Balaban J connectivity index is 2.54. The van der Waals surface area contributed by atoms with Crippen LogP contribution in [0.4, 0.5) is 8.78 Å². The fraction of sp³-hybridized carbons (Fsp3) is 0. The molecule has 0 saturated heterocycles. The Morgan fingerprint density at radius 2 is 1.53 bits per heavy atom. The number of benzene rings is 2. The molecule has 0 radical (unpaired) electrons. The van der Waals surface area contributed by atoms with Crippen molar-refractivity contribution in [2.24, 2.45) is 0 Å². The molecular formula is C12H7F2I. The summed E-state index contributed by atoms with van der Waals surface area (Å²) in [6.45, 7) is 0. The summed E-state index contributed by atoms with van der Waals surface area (Å²) in [6, 6.07) is 11.0. The normalized spacial score (nSPS) is 10.3. The SMILES string of the molecule is Fc1ccc(-c2cccc(I)c2F)cc1. The molecule has 0 aliphatic rings. The molecule has 0 nitrogen and oxygen atoms in total. The van der Waals surface area contributed by atoms with E-state index in [2.05, 4.69) is 0 Å². The van der Waals surface area contributed by atoms with Crippen LogP contribution in [0.5, 0.6) is 0 Å². The molecule has 0 aliphatic heterocycles. The third-order valence-electron chi connectivity index (χ3n) is 2.11. The van der Waals surface area contributed by atoms with Gasteiger partial charge in [-0.3, -0.25) is 0 Å². The van der Waals surface area contributed by atoms with Crippen LogP contribution in [0.3, 0.4) is 0 Å². The molecule has 0 aromatic heterocycles. The number of rotatable bonds is 1. The molecule has 3 heteroatoms. The fourth-order valence-electron chi connectivity index (χ4n) is 1.36. The first-order valence-electron chi connectivity index (χ1n) is 4.38. The average Bonchev–Trinajstić information content (AvgIpc) is 2.24. The molecule has 0 atom stereocenters. The van der Waals surface area contributed by atoms with Crippen LogP contribution < -0.4 is 0 Å². The van der Waals surface area contributed by atoms with E-state index < -0.39 is 0 Å². The van der Waals surface area contributed by atoms with Crippen molar-refractivity contribution < 1.29 is 8.78 Å². The summed E-state index contributed by atoms with van der Waals surface area (Å²) in [5.41, 5.74) is 1.19. The van der Waals surface area contributed by atoms with E-state index in [9.17, 15) is 8.78 Å². The topological polar surface area (TPSA) is 0 Å². The van der Waals surface area contributed by atoms with Crippen molar-refractivity contribution in [2.75, 3.05) is 0 Å². The van der Waals surface area contributed by atoms with Crippen molar-refractivity contribution in [3.63, 3.8) is 0 Å². The van der Waals surface area contributed by atoms with E-state index >= 15 is 0 Å². The van der Waals surface area contributed by atoms with E-state index in [1.54, 1.807) is 30.3 Å². The second kappa shape index (κ2) is 4.26. The zero-order valence-corrected chi connectivity index (χ0v) is 9.83. The Morgan fingerprint density at radius 3 is 2.20 bits per heavy atom. The monoisotopic (exact) mass is 316 g/mol. The van der Waals surface area contributed by atoms with Gasteiger partial charge in [0.25, 0.3) is 0 Å². The lowest BCUT2D eigenvalue weighted by Crippen LogP contribution is -1.87. The molecule has 2 aromatic carbocycles. The molecular weight excluding hydrogens is 309 g/mol. The second-order valence-electron chi connectivity index (χ2n) is 3.11. The first-order valence-corrected chi connectivity index (χ1v) is 5.46. The minimum absolute atomic E-state index is 0.260. The van der Waals surface area contributed by atoms with Gasteiger partial charge in [-0.1, -0.05) is 24.3 Å². The summed E-state index contributed by atoms with van der Waals surface area (Å²) in [5, 5.41) is 0. The summed E-state index contributed by atoms with van der Waals surface area (Å²) in [4.78, 5) is 0. The van der Waals surface area contributed by atoms with Crippen LogP contribution in [0, 0.1) is 15.2 Å². The molecule has 0 amide bonds. The highest BCUT2D eigenvalue weighted by Crippen LogP contribution is 2.25. The Morgan fingerprint density at radius 1 is 0.867 bits per heavy atom. The minimum atomic E-state index is -0.315. The van der Waals surface area contributed by atoms with Crippen molar-refractivity contribution in [1.29, 1.82) is 0 Å². The third kappa shape index (κ3) is 2.17. The molecule has 2 aromatic rings. The molecule has 0 N–H and O–H groups in total. The zero-order chi connectivity index (χ0) is 10.8. The number of hydrogen-bond acceptors (Lipinski definition) is 0. The molecule has 0 aliphatic carbocycles. The lowest BCUT2D eigenvalue weighted by Gasteiger charge is -2.04. The van der Waals surface area contributed by atoms with Crippen LogP contribution >= 0.6 is 22.6 Å². The van der Waals surface area contributed by atoms with Gasteiger partial charge in [0.2, 0.25) is 0 Å². The van der Waals surface area contributed by atoms with Gasteiger partial charge in [-0.25, -0.2) is 8.78 Å². The standard InChI is InChI=1S/C12H7F2I/c13-9-6-4-8(5-7-9)10-2-1-3-11(15)12(10)14/h1-7H. The molecule has 0 spiro atoms. The summed E-state index contributed by atoms with van der Waals surface area (Å²) in [5.74, 6) is -0.575. The van der Waals surface area contributed by atoms with Gasteiger partial charge in [0.05, 0.1) is 0 Å². The highest BCUT2D eigenvalue weighted by molar-refractivity contribution is 14.1. The quantitative estimate of drug-likeness (QED) is 0.691. The Kier molecular flexibility index (Phi) is 3.00. The van der Waals surface area contributed by atoms with Gasteiger partial charge in [-0.05, 0) is 46.4 Å². The van der Waals surface area contributed by atoms with Crippen LogP contribution in [0.15, 0.2) is 42.5 Å². The Labute approximate surface area is 100 Å². The zero-order valence-electron chi connectivity index (χ0n) is 7.68. The maximum atomic E-state index is 13.7. The van der Waals surface area contributed by atoms with Crippen molar-refractivity contribution in [1.82, 2.24) is 0 Å². The van der Waals surface area contributed by atoms with Gasteiger partial charge < -0.3 is 0 Å². The van der Waals surface area contributed by atoms with Crippen LogP contribution in [0.1, 0.15) is 0 Å². The molecule has 0 heterocycles. The maximum absolute atomic E-state index is 13.7. The van der Waals surface area contributed by atoms with Crippen molar-refractivity contribution in [3.8, 4) is 11.1 Å². The Bertz CT molecular complexity index is 477. The van der Waals surface area contributed by atoms with Crippen LogP contribution in [0.25, 0.3) is 11.1 Å². The van der Waals surface area contributed by atoms with Gasteiger partial charge in [-0.2, -0.15) is 0 Å². The number of hydrogen-bond donors (Lipinski definition) is 0. The predicted molar refractivity (Wildman–Crippen MR) is 64.5 cm³/mol.